The molecule has 26 heavy (non-hydrogen) atoms. The van der Waals surface area contributed by atoms with Crippen molar-refractivity contribution >= 4 is 29.1 Å². The Morgan fingerprint density at radius 1 is 1.04 bits per heavy atom. The number of rotatable bonds is 5. The Hall–Kier alpha value is -3.16. The Bertz CT molecular complexity index is 759. The van der Waals surface area contributed by atoms with Crippen molar-refractivity contribution in [1.29, 1.82) is 0 Å². The summed E-state index contributed by atoms with van der Waals surface area (Å²) in [6, 6.07) is 12.1. The number of benzene rings is 1. The quantitative estimate of drug-likeness (QED) is 0.828. The van der Waals surface area contributed by atoms with Crippen molar-refractivity contribution in [3.05, 3.63) is 42.7 Å². The van der Waals surface area contributed by atoms with Crippen LogP contribution in [0.1, 0.15) is 6.92 Å². The van der Waals surface area contributed by atoms with Crippen LogP contribution in [0.15, 0.2) is 42.7 Å². The number of para-hydroxylation sites is 1. The van der Waals surface area contributed by atoms with E-state index >= 15 is 0 Å². The van der Waals surface area contributed by atoms with Crippen LogP contribution in [-0.2, 0) is 9.59 Å². The van der Waals surface area contributed by atoms with Crippen molar-refractivity contribution in [3.63, 3.8) is 0 Å². The van der Waals surface area contributed by atoms with E-state index in [1.807, 2.05) is 18.2 Å². The van der Waals surface area contributed by atoms with Crippen LogP contribution in [0.5, 0.6) is 0 Å². The lowest BCUT2D eigenvalue weighted by Gasteiger charge is -2.36. The summed E-state index contributed by atoms with van der Waals surface area (Å²) in [6.45, 7) is 4.77. The Kier molecular flexibility index (Phi) is 5.62. The monoisotopic (exact) mass is 354 g/mol. The van der Waals surface area contributed by atoms with E-state index in [1.165, 1.54) is 18.9 Å². The molecule has 0 spiro atoms. The van der Waals surface area contributed by atoms with Crippen LogP contribution in [0.3, 0.4) is 0 Å². The molecule has 1 aliphatic rings. The molecule has 1 aromatic heterocycles. The molecule has 8 heteroatoms. The van der Waals surface area contributed by atoms with Crippen LogP contribution in [0.2, 0.25) is 0 Å². The summed E-state index contributed by atoms with van der Waals surface area (Å²) in [5.74, 6) is 0.636. The molecule has 2 N–H and O–H groups in total. The average molecular weight is 354 g/mol. The largest absolute Gasteiger partial charge is 0.368 e. The minimum atomic E-state index is -0.321. The normalized spacial score (nSPS) is 14.0. The molecule has 0 aliphatic carbocycles. The van der Waals surface area contributed by atoms with Gasteiger partial charge in [0.2, 0.25) is 11.8 Å². The van der Waals surface area contributed by atoms with Gasteiger partial charge in [0, 0.05) is 44.9 Å². The van der Waals surface area contributed by atoms with Crippen molar-refractivity contribution < 1.29 is 9.59 Å². The summed E-state index contributed by atoms with van der Waals surface area (Å²) in [4.78, 5) is 35.6. The molecular formula is C18H22N6O2. The van der Waals surface area contributed by atoms with Crippen molar-refractivity contribution in [2.75, 3.05) is 47.8 Å². The molecular weight excluding hydrogens is 332 g/mol. The summed E-state index contributed by atoms with van der Waals surface area (Å²) >= 11 is 0. The number of anilines is 3. The molecule has 136 valence electrons. The number of carbonyl (C=O) groups excluding carboxylic acids is 2. The van der Waals surface area contributed by atoms with Crippen molar-refractivity contribution in [2.24, 2.45) is 0 Å². The lowest BCUT2D eigenvalue weighted by molar-refractivity contribution is -0.122. The summed E-state index contributed by atoms with van der Waals surface area (Å²) < 4.78 is 0. The van der Waals surface area contributed by atoms with E-state index in [9.17, 15) is 9.59 Å². The second kappa shape index (κ2) is 8.28. The summed E-state index contributed by atoms with van der Waals surface area (Å²) in [5.41, 5.74) is 1.22. The molecule has 2 heterocycles. The first kappa shape index (κ1) is 17.7. The number of nitrogens with zero attached hydrogens (tertiary/aromatic N) is 4. The first-order valence-electron chi connectivity index (χ1n) is 8.53. The summed E-state index contributed by atoms with van der Waals surface area (Å²) in [5, 5.41) is 5.12. The van der Waals surface area contributed by atoms with Gasteiger partial charge in [-0.2, -0.15) is 0 Å². The third kappa shape index (κ3) is 4.69. The van der Waals surface area contributed by atoms with Crippen LogP contribution >= 0.6 is 0 Å². The molecule has 0 unspecified atom stereocenters. The van der Waals surface area contributed by atoms with Gasteiger partial charge in [0.1, 0.15) is 18.0 Å². The molecule has 0 atom stereocenters. The zero-order valence-electron chi connectivity index (χ0n) is 14.7. The molecule has 3 rings (SSSR count). The molecule has 0 saturated carbocycles. The summed E-state index contributed by atoms with van der Waals surface area (Å²) in [7, 11) is 0. The highest BCUT2D eigenvalue weighted by molar-refractivity contribution is 5.93. The van der Waals surface area contributed by atoms with Crippen LogP contribution in [-0.4, -0.2) is 54.5 Å². The van der Waals surface area contributed by atoms with Crippen molar-refractivity contribution in [3.8, 4) is 0 Å². The van der Waals surface area contributed by atoms with Gasteiger partial charge < -0.3 is 20.4 Å². The second-order valence-electron chi connectivity index (χ2n) is 6.03. The fourth-order valence-electron chi connectivity index (χ4n) is 2.81. The van der Waals surface area contributed by atoms with E-state index in [2.05, 4.69) is 42.5 Å². The number of amides is 2. The highest BCUT2D eigenvalue weighted by Crippen LogP contribution is 2.20. The number of hydrogen-bond acceptors (Lipinski definition) is 6. The highest BCUT2D eigenvalue weighted by atomic mass is 16.2. The first-order valence-corrected chi connectivity index (χ1v) is 8.53. The van der Waals surface area contributed by atoms with Gasteiger partial charge in [-0.1, -0.05) is 18.2 Å². The first-order chi connectivity index (χ1) is 12.6. The number of aromatic nitrogens is 2. The molecule has 2 aromatic rings. The summed E-state index contributed by atoms with van der Waals surface area (Å²) in [6.07, 6.45) is 1.44. The third-order valence-electron chi connectivity index (χ3n) is 4.14. The Morgan fingerprint density at radius 2 is 1.73 bits per heavy atom. The van der Waals surface area contributed by atoms with E-state index in [-0.39, 0.29) is 18.4 Å². The Morgan fingerprint density at radius 3 is 2.42 bits per heavy atom. The lowest BCUT2D eigenvalue weighted by atomic mass is 10.2. The van der Waals surface area contributed by atoms with Gasteiger partial charge in [0.15, 0.2) is 0 Å². The smallest absolute Gasteiger partial charge is 0.244 e. The average Bonchev–Trinajstić information content (AvgIpc) is 2.67. The number of piperazine rings is 1. The number of nitrogens with one attached hydrogen (secondary N) is 2. The van der Waals surface area contributed by atoms with Gasteiger partial charge in [-0.15, -0.1) is 0 Å². The maximum absolute atomic E-state index is 11.8. The number of hydrogen-bond donors (Lipinski definition) is 2. The van der Waals surface area contributed by atoms with Gasteiger partial charge >= 0.3 is 0 Å². The fourth-order valence-corrected chi connectivity index (χ4v) is 2.81. The molecule has 2 amide bonds. The van der Waals surface area contributed by atoms with Crippen LogP contribution in [0.4, 0.5) is 17.3 Å². The molecule has 1 saturated heterocycles. The second-order valence-corrected chi connectivity index (χ2v) is 6.03. The van der Waals surface area contributed by atoms with E-state index in [0.717, 1.165) is 32.0 Å². The maximum atomic E-state index is 11.8. The van der Waals surface area contributed by atoms with E-state index < -0.39 is 0 Å². The maximum Gasteiger partial charge on any atom is 0.244 e. The molecule has 1 fully saturated rings. The topological polar surface area (TPSA) is 90.5 Å². The highest BCUT2D eigenvalue weighted by Gasteiger charge is 2.18. The van der Waals surface area contributed by atoms with Gasteiger partial charge in [0.05, 0.1) is 6.54 Å². The molecule has 1 aliphatic heterocycles. The fraction of sp³-hybridized carbons (Fsp3) is 0.333. The Labute approximate surface area is 152 Å². The van der Waals surface area contributed by atoms with Crippen LogP contribution in [0, 0.1) is 0 Å². The lowest BCUT2D eigenvalue weighted by Crippen LogP contribution is -2.46. The van der Waals surface area contributed by atoms with E-state index in [4.69, 9.17) is 0 Å². The predicted octanol–water partition coefficient (Wildman–Crippen LogP) is 0.878. The standard InChI is InChI=1S/C18H22N6O2/c1-14(25)19-12-18(26)22-16-11-17(21-13-20-16)24-9-7-23(8-10-24)15-5-3-2-4-6-15/h2-6,11,13H,7-10,12H2,1H3,(H,19,25)(H,20,21,22,26). The van der Waals surface area contributed by atoms with Crippen LogP contribution < -0.4 is 20.4 Å². The predicted molar refractivity (Wildman–Crippen MR) is 100 cm³/mol. The zero-order chi connectivity index (χ0) is 18.4. The zero-order valence-corrected chi connectivity index (χ0v) is 14.7. The van der Waals surface area contributed by atoms with Crippen LogP contribution in [0.25, 0.3) is 0 Å². The van der Waals surface area contributed by atoms with Gasteiger partial charge in [0.25, 0.3) is 0 Å². The van der Waals surface area contributed by atoms with E-state index in [1.54, 1.807) is 6.07 Å². The Balaban J connectivity index is 1.57. The van der Waals surface area contributed by atoms with Gasteiger partial charge in [-0.05, 0) is 12.1 Å². The third-order valence-corrected chi connectivity index (χ3v) is 4.14. The molecule has 8 nitrogen and oxygen atoms in total. The number of carbonyl (C=O) groups is 2. The molecule has 1 aromatic carbocycles. The van der Waals surface area contributed by atoms with Gasteiger partial charge in [-0.25, -0.2) is 9.97 Å². The van der Waals surface area contributed by atoms with Crippen molar-refractivity contribution in [2.45, 2.75) is 6.92 Å². The minimum Gasteiger partial charge on any atom is -0.368 e. The molecule has 0 bridgehead atoms. The van der Waals surface area contributed by atoms with Crippen molar-refractivity contribution in [1.82, 2.24) is 15.3 Å². The minimum absolute atomic E-state index is 0.0789. The molecule has 0 radical (unpaired) electrons. The van der Waals surface area contributed by atoms with E-state index in [0.29, 0.717) is 5.82 Å². The van der Waals surface area contributed by atoms with Gasteiger partial charge in [-0.3, -0.25) is 9.59 Å². The SMILES string of the molecule is CC(=O)NCC(=O)Nc1cc(N2CCN(c3ccccc3)CC2)ncn1.